The summed E-state index contributed by atoms with van der Waals surface area (Å²) in [5.74, 6) is 1.27. The smallest absolute Gasteiger partial charge is 0.265 e. The van der Waals surface area contributed by atoms with Crippen molar-refractivity contribution in [2.45, 2.75) is 5.60 Å². The summed E-state index contributed by atoms with van der Waals surface area (Å²) in [5.41, 5.74) is 8.05. The molecule has 0 saturated heterocycles. The lowest BCUT2D eigenvalue weighted by Gasteiger charge is -2.28. The number of hydrogen-bond acceptors (Lipinski definition) is 11. The van der Waals surface area contributed by atoms with Crippen molar-refractivity contribution in [1.82, 2.24) is 9.97 Å². The Bertz CT molecular complexity index is 1950. The van der Waals surface area contributed by atoms with Crippen molar-refractivity contribution in [1.29, 1.82) is 0 Å². The fraction of sp³-hybridized carbons (Fsp3) is 0.114. The number of amides is 1. The second-order valence-electron chi connectivity index (χ2n) is 10.3. The molecule has 2 aromatic heterocycles. The zero-order valence-corrected chi connectivity index (χ0v) is 27.3. The number of hydrogen-bond donors (Lipinski definition) is 4. The molecule has 12 heteroatoms. The summed E-state index contributed by atoms with van der Waals surface area (Å²) in [7, 11) is 4.66. The third kappa shape index (κ3) is 6.34. The van der Waals surface area contributed by atoms with E-state index in [0.717, 1.165) is 10.4 Å². The van der Waals surface area contributed by atoms with Crippen LogP contribution in [0.1, 0.15) is 11.1 Å². The van der Waals surface area contributed by atoms with Gasteiger partial charge in [-0.05, 0) is 23.3 Å². The minimum Gasteiger partial charge on any atom is -0.493 e. The summed E-state index contributed by atoms with van der Waals surface area (Å²) >= 11 is 2.80. The number of nitrogens with one attached hydrogen (secondary N) is 2. The Morgan fingerprint density at radius 2 is 1.45 bits per heavy atom. The standard InChI is InChI=1S/C35H31N5O5S2/c1-43-27-18-25(19-28(44-2)29(27)45-3)38-34-40-31(36)30(47-34)32-39-26(20-46-32)21-11-10-16-24(17-21)37-33(41)35(42,22-12-6-4-7-13-22)23-14-8-5-9-15-23/h4-20,42H,36H2,1-3H3,(H,37,41)(H,38,40). The zero-order valence-electron chi connectivity index (χ0n) is 25.7. The summed E-state index contributed by atoms with van der Waals surface area (Å²) in [6.45, 7) is 0. The molecule has 4 aromatic carbocycles. The van der Waals surface area contributed by atoms with E-state index < -0.39 is 11.5 Å². The predicted molar refractivity (Wildman–Crippen MR) is 187 cm³/mol. The number of carbonyl (C=O) groups excluding carboxylic acids is 1. The van der Waals surface area contributed by atoms with E-state index in [0.29, 0.717) is 61.4 Å². The first-order valence-corrected chi connectivity index (χ1v) is 16.1. The Kier molecular flexibility index (Phi) is 9.07. The minimum absolute atomic E-state index is 0.341. The molecule has 1 amide bonds. The number of ether oxygens (including phenoxy) is 3. The molecule has 238 valence electrons. The molecule has 0 radical (unpaired) electrons. The van der Waals surface area contributed by atoms with Crippen LogP contribution < -0.4 is 30.6 Å². The van der Waals surface area contributed by atoms with Crippen LogP contribution >= 0.6 is 22.7 Å². The van der Waals surface area contributed by atoms with Gasteiger partial charge in [-0.15, -0.1) is 11.3 Å². The molecule has 6 rings (SSSR count). The SMILES string of the molecule is COc1cc(Nc2nc(N)c(-c3nc(-c4cccc(NC(=O)C(O)(c5ccccc5)c5ccccc5)c4)cs3)s2)cc(OC)c1OC. The summed E-state index contributed by atoms with van der Waals surface area (Å²) in [5, 5.41) is 21.2. The molecule has 0 aliphatic carbocycles. The number of thiazole rings is 2. The highest BCUT2D eigenvalue weighted by molar-refractivity contribution is 7.23. The van der Waals surface area contributed by atoms with E-state index in [1.54, 1.807) is 88.1 Å². The van der Waals surface area contributed by atoms with Crippen LogP contribution in [0.15, 0.2) is 102 Å². The van der Waals surface area contributed by atoms with Crippen LogP contribution in [0.5, 0.6) is 17.2 Å². The second kappa shape index (κ2) is 13.5. The Morgan fingerprint density at radius 3 is 2.04 bits per heavy atom. The Morgan fingerprint density at radius 1 is 0.809 bits per heavy atom. The van der Waals surface area contributed by atoms with Gasteiger partial charge >= 0.3 is 0 Å². The monoisotopic (exact) mass is 665 g/mol. The third-order valence-corrected chi connectivity index (χ3v) is 9.38. The average molecular weight is 666 g/mol. The van der Waals surface area contributed by atoms with Gasteiger partial charge < -0.3 is 35.7 Å². The van der Waals surface area contributed by atoms with E-state index in [9.17, 15) is 9.90 Å². The topological polar surface area (TPSA) is 141 Å². The fourth-order valence-corrected chi connectivity index (χ4v) is 6.92. The van der Waals surface area contributed by atoms with Crippen LogP contribution in [-0.2, 0) is 10.4 Å². The number of nitrogens with zero attached hydrogens (tertiary/aromatic N) is 2. The Hall–Kier alpha value is -5.43. The molecule has 47 heavy (non-hydrogen) atoms. The molecule has 0 spiro atoms. The van der Waals surface area contributed by atoms with Crippen LogP contribution in [0.25, 0.3) is 21.1 Å². The number of nitrogens with two attached hydrogens (primary N) is 1. The van der Waals surface area contributed by atoms with Gasteiger partial charge in [0.1, 0.15) is 15.7 Å². The summed E-state index contributed by atoms with van der Waals surface area (Å²) in [6.07, 6.45) is 0. The number of nitrogen functional groups attached to an aromatic ring is 1. The summed E-state index contributed by atoms with van der Waals surface area (Å²) < 4.78 is 16.3. The van der Waals surface area contributed by atoms with Crippen molar-refractivity contribution < 1.29 is 24.1 Å². The third-order valence-electron chi connectivity index (χ3n) is 7.40. The molecular weight excluding hydrogens is 635 g/mol. The van der Waals surface area contributed by atoms with Crippen molar-refractivity contribution in [3.8, 4) is 38.4 Å². The van der Waals surface area contributed by atoms with Crippen molar-refractivity contribution in [2.24, 2.45) is 0 Å². The van der Waals surface area contributed by atoms with Crippen LogP contribution in [0, 0.1) is 0 Å². The zero-order chi connectivity index (χ0) is 33.0. The lowest BCUT2D eigenvalue weighted by atomic mass is 9.85. The second-order valence-corrected chi connectivity index (χ2v) is 12.1. The number of anilines is 4. The molecule has 0 unspecified atom stereocenters. The van der Waals surface area contributed by atoms with Gasteiger partial charge in [0, 0.05) is 34.5 Å². The lowest BCUT2D eigenvalue weighted by Crippen LogP contribution is -2.41. The van der Waals surface area contributed by atoms with Crippen molar-refractivity contribution in [3.63, 3.8) is 0 Å². The molecule has 0 aliphatic heterocycles. The Balaban J connectivity index is 1.23. The molecule has 0 bridgehead atoms. The van der Waals surface area contributed by atoms with Gasteiger partial charge in [0.05, 0.1) is 27.0 Å². The van der Waals surface area contributed by atoms with Gasteiger partial charge in [0.25, 0.3) is 5.91 Å². The number of methoxy groups -OCH3 is 3. The Labute approximate surface area is 279 Å². The van der Waals surface area contributed by atoms with E-state index >= 15 is 0 Å². The van der Waals surface area contributed by atoms with E-state index in [4.69, 9.17) is 24.9 Å². The van der Waals surface area contributed by atoms with Crippen molar-refractivity contribution in [3.05, 3.63) is 114 Å². The first-order chi connectivity index (χ1) is 22.8. The number of carbonyl (C=O) groups is 1. The maximum atomic E-state index is 13.7. The normalized spacial score (nSPS) is 11.1. The van der Waals surface area contributed by atoms with Crippen molar-refractivity contribution >= 4 is 50.9 Å². The minimum atomic E-state index is -1.90. The first kappa shape index (κ1) is 31.5. The number of aliphatic hydroxyl groups is 1. The molecule has 0 saturated carbocycles. The van der Waals surface area contributed by atoms with Crippen molar-refractivity contribution in [2.75, 3.05) is 37.7 Å². The molecule has 5 N–H and O–H groups in total. The molecule has 2 heterocycles. The number of rotatable bonds is 11. The van der Waals surface area contributed by atoms with Crippen LogP contribution in [-0.4, -0.2) is 42.3 Å². The molecule has 0 atom stereocenters. The van der Waals surface area contributed by atoms with Gasteiger partial charge in [-0.25, -0.2) is 9.97 Å². The summed E-state index contributed by atoms with van der Waals surface area (Å²) in [6, 6.07) is 28.7. The van der Waals surface area contributed by atoms with Crippen LogP contribution in [0.3, 0.4) is 0 Å². The van der Waals surface area contributed by atoms with Crippen LogP contribution in [0.4, 0.5) is 22.3 Å². The van der Waals surface area contributed by atoms with E-state index in [-0.39, 0.29) is 0 Å². The quantitative estimate of drug-likeness (QED) is 0.113. The largest absolute Gasteiger partial charge is 0.493 e. The maximum Gasteiger partial charge on any atom is 0.265 e. The number of benzene rings is 4. The number of aromatic nitrogens is 2. The first-order valence-electron chi connectivity index (χ1n) is 14.4. The van der Waals surface area contributed by atoms with Crippen LogP contribution in [0.2, 0.25) is 0 Å². The summed E-state index contributed by atoms with van der Waals surface area (Å²) in [4.78, 5) is 23.8. The van der Waals surface area contributed by atoms with Gasteiger partial charge in [-0.3, -0.25) is 4.79 Å². The molecular formula is C35H31N5O5S2. The predicted octanol–water partition coefficient (Wildman–Crippen LogP) is 7.16. The lowest BCUT2D eigenvalue weighted by molar-refractivity contribution is -0.131. The van der Waals surface area contributed by atoms with E-state index in [1.807, 2.05) is 35.7 Å². The van der Waals surface area contributed by atoms with Gasteiger partial charge in [-0.2, -0.15) is 0 Å². The maximum absolute atomic E-state index is 13.7. The molecule has 0 fully saturated rings. The van der Waals surface area contributed by atoms with E-state index in [1.165, 1.54) is 22.7 Å². The van der Waals surface area contributed by atoms with Gasteiger partial charge in [0.2, 0.25) is 5.75 Å². The molecule has 10 nitrogen and oxygen atoms in total. The van der Waals surface area contributed by atoms with Gasteiger partial charge in [-0.1, -0.05) is 84.1 Å². The van der Waals surface area contributed by atoms with Gasteiger partial charge in [0.15, 0.2) is 22.2 Å². The van der Waals surface area contributed by atoms with E-state index in [2.05, 4.69) is 15.6 Å². The average Bonchev–Trinajstić information content (AvgIpc) is 3.74. The highest BCUT2D eigenvalue weighted by atomic mass is 32.1. The molecule has 6 aromatic rings. The fourth-order valence-electron chi connectivity index (χ4n) is 5.09. The molecule has 0 aliphatic rings. The highest BCUT2D eigenvalue weighted by Crippen LogP contribution is 2.43. The highest BCUT2D eigenvalue weighted by Gasteiger charge is 2.40.